The number of hydrogen-bond acceptors (Lipinski definition) is 3. The van der Waals surface area contributed by atoms with E-state index in [-0.39, 0.29) is 0 Å². The Kier molecular flexibility index (Phi) is 5.03. The van der Waals surface area contributed by atoms with Crippen molar-refractivity contribution < 1.29 is 4.74 Å². The average molecular weight is 331 g/mol. The fourth-order valence-electron chi connectivity index (χ4n) is 2.53. The van der Waals surface area contributed by atoms with Gasteiger partial charge in [0.25, 0.3) is 0 Å². The molecule has 0 saturated heterocycles. The molecule has 0 saturated carbocycles. The van der Waals surface area contributed by atoms with Gasteiger partial charge in [-0.15, -0.1) is 0 Å². The van der Waals surface area contributed by atoms with E-state index in [1.807, 2.05) is 63.4 Å². The van der Waals surface area contributed by atoms with Gasteiger partial charge in [-0.3, -0.25) is 0 Å². The zero-order valence-corrected chi connectivity index (χ0v) is 15.2. The normalized spacial score (nSPS) is 11.2. The van der Waals surface area contributed by atoms with Gasteiger partial charge in [0.1, 0.15) is 13.6 Å². The quantitative estimate of drug-likeness (QED) is 0.409. The number of aliphatic imine (C=N–C) groups is 1. The number of aryl methyl sites for hydroxylation is 1. The third-order valence-electron chi connectivity index (χ3n) is 4.18. The molecule has 25 heavy (non-hydrogen) atoms. The molecule has 0 spiro atoms. The van der Waals surface area contributed by atoms with Gasteiger partial charge < -0.3 is 9.64 Å². The molecule has 0 N–H and O–H groups in total. The number of rotatable bonds is 5. The summed E-state index contributed by atoms with van der Waals surface area (Å²) in [5, 5.41) is 2.23. The van der Waals surface area contributed by atoms with Crippen LogP contribution >= 0.6 is 0 Å². The van der Waals surface area contributed by atoms with E-state index in [0.29, 0.717) is 5.88 Å². The first-order chi connectivity index (χ1) is 12.1. The van der Waals surface area contributed by atoms with E-state index in [9.17, 15) is 0 Å². The Labute approximate surface area is 149 Å². The van der Waals surface area contributed by atoms with Crippen molar-refractivity contribution in [2.75, 3.05) is 13.6 Å². The van der Waals surface area contributed by atoms with Crippen LogP contribution in [0.4, 0.5) is 5.69 Å². The molecule has 0 aliphatic carbocycles. The summed E-state index contributed by atoms with van der Waals surface area (Å²) in [6.07, 6.45) is 1.83. The fourth-order valence-corrected chi connectivity index (χ4v) is 2.53. The largest absolute Gasteiger partial charge is 0.439 e. The second kappa shape index (κ2) is 7.39. The predicted molar refractivity (Wildman–Crippen MR) is 108 cm³/mol. The minimum absolute atomic E-state index is 0.622. The van der Waals surface area contributed by atoms with Gasteiger partial charge in [-0.05, 0) is 36.8 Å². The van der Waals surface area contributed by atoms with Crippen LogP contribution in [0.15, 0.2) is 53.5 Å². The van der Waals surface area contributed by atoms with E-state index in [1.54, 1.807) is 0 Å². The first-order valence-electron chi connectivity index (χ1n) is 8.46. The maximum Gasteiger partial charge on any atom is 0.213 e. The second-order valence-electron chi connectivity index (χ2n) is 6.11. The van der Waals surface area contributed by atoms with Gasteiger partial charge in [-0.2, -0.15) is 0 Å². The van der Waals surface area contributed by atoms with Gasteiger partial charge >= 0.3 is 0 Å². The molecular weight excluding hydrogens is 309 g/mol. The lowest BCUT2D eigenvalue weighted by Gasteiger charge is -2.13. The van der Waals surface area contributed by atoms with Gasteiger partial charge in [0.15, 0.2) is 0 Å². The van der Waals surface area contributed by atoms with Crippen molar-refractivity contribution in [3.05, 3.63) is 54.2 Å². The molecule has 126 valence electrons. The highest BCUT2D eigenvalue weighted by molar-refractivity contribution is 6.34. The van der Waals surface area contributed by atoms with Crippen LogP contribution in [0.3, 0.4) is 0 Å². The molecule has 0 fully saturated rings. The molecule has 3 aromatic rings. The summed E-state index contributed by atoms with van der Waals surface area (Å²) < 4.78 is 6.13. The van der Waals surface area contributed by atoms with E-state index in [0.717, 1.165) is 39.9 Å². The SMILES string of the molecule is Bc1cc(/N=C/N(C)CC)c(C)nc1Oc1cccc2ccccc12. The highest BCUT2D eigenvalue weighted by Crippen LogP contribution is 2.29. The summed E-state index contributed by atoms with van der Waals surface area (Å²) in [4.78, 5) is 11.2. The Bertz CT molecular complexity index is 919. The van der Waals surface area contributed by atoms with E-state index in [4.69, 9.17) is 4.74 Å². The maximum atomic E-state index is 6.13. The van der Waals surface area contributed by atoms with Gasteiger partial charge in [-0.25, -0.2) is 9.98 Å². The summed E-state index contributed by atoms with van der Waals surface area (Å²) in [6, 6.07) is 16.3. The topological polar surface area (TPSA) is 37.7 Å². The van der Waals surface area contributed by atoms with Crippen molar-refractivity contribution >= 4 is 36.1 Å². The molecule has 3 rings (SSSR count). The number of aromatic nitrogens is 1. The summed E-state index contributed by atoms with van der Waals surface area (Å²) in [7, 11) is 3.99. The minimum atomic E-state index is 0.622. The first kappa shape index (κ1) is 17.0. The van der Waals surface area contributed by atoms with Crippen LogP contribution in [0.2, 0.25) is 0 Å². The molecule has 0 bridgehead atoms. The number of benzene rings is 2. The molecule has 0 unspecified atom stereocenters. The third kappa shape index (κ3) is 3.82. The van der Waals surface area contributed by atoms with E-state index < -0.39 is 0 Å². The molecular formula is C20H22BN3O. The predicted octanol–water partition coefficient (Wildman–Crippen LogP) is 3.21. The molecule has 1 aromatic heterocycles. The highest BCUT2D eigenvalue weighted by atomic mass is 16.5. The molecule has 1 heterocycles. The van der Waals surface area contributed by atoms with Crippen LogP contribution in [-0.4, -0.2) is 37.7 Å². The van der Waals surface area contributed by atoms with Crippen LogP contribution in [-0.2, 0) is 0 Å². The van der Waals surface area contributed by atoms with Crippen LogP contribution in [0.25, 0.3) is 10.8 Å². The summed E-state index contributed by atoms with van der Waals surface area (Å²) in [5.74, 6) is 1.44. The number of ether oxygens (including phenoxy) is 1. The molecule has 5 heteroatoms. The van der Waals surface area contributed by atoms with Crippen LogP contribution < -0.4 is 10.2 Å². The van der Waals surface area contributed by atoms with Crippen molar-refractivity contribution in [2.45, 2.75) is 13.8 Å². The summed E-state index contributed by atoms with van der Waals surface area (Å²) in [6.45, 7) is 4.95. The molecule has 2 aromatic carbocycles. The highest BCUT2D eigenvalue weighted by Gasteiger charge is 2.09. The van der Waals surface area contributed by atoms with Crippen molar-refractivity contribution in [2.24, 2.45) is 4.99 Å². The van der Waals surface area contributed by atoms with Crippen molar-refractivity contribution in [3.63, 3.8) is 0 Å². The zero-order chi connectivity index (χ0) is 17.8. The lowest BCUT2D eigenvalue weighted by molar-refractivity contribution is 0.471. The van der Waals surface area contributed by atoms with Crippen molar-refractivity contribution in [3.8, 4) is 11.6 Å². The summed E-state index contributed by atoms with van der Waals surface area (Å²) >= 11 is 0. The Morgan fingerprint density at radius 3 is 2.76 bits per heavy atom. The number of fused-ring (bicyclic) bond motifs is 1. The van der Waals surface area contributed by atoms with Crippen LogP contribution in [0.1, 0.15) is 12.6 Å². The minimum Gasteiger partial charge on any atom is -0.439 e. The number of hydrogen-bond donors (Lipinski definition) is 0. The maximum absolute atomic E-state index is 6.13. The molecule has 0 aliphatic rings. The molecule has 4 nitrogen and oxygen atoms in total. The average Bonchev–Trinajstić information content (AvgIpc) is 2.63. The van der Waals surface area contributed by atoms with E-state index in [2.05, 4.69) is 35.1 Å². The van der Waals surface area contributed by atoms with Gasteiger partial charge in [0.2, 0.25) is 5.88 Å². The van der Waals surface area contributed by atoms with Crippen molar-refractivity contribution in [1.82, 2.24) is 9.88 Å². The fraction of sp³-hybridized carbons (Fsp3) is 0.200. The Morgan fingerprint density at radius 1 is 1.20 bits per heavy atom. The van der Waals surface area contributed by atoms with Gasteiger partial charge in [0, 0.05) is 19.0 Å². The Hall–Kier alpha value is -2.82. The van der Waals surface area contributed by atoms with E-state index in [1.165, 1.54) is 0 Å². The molecule has 0 aliphatic heterocycles. The molecule has 0 amide bonds. The molecule has 0 radical (unpaired) electrons. The first-order valence-corrected chi connectivity index (χ1v) is 8.46. The number of nitrogens with zero attached hydrogens (tertiary/aromatic N) is 3. The standard InChI is InChI=1S/C20H22BN3O/c1-4-24(3)13-22-18-12-17(21)20(23-14(18)2)25-19-11-7-9-15-8-5-6-10-16(15)19/h5-13H,4,21H2,1-3H3/b22-13+. The monoisotopic (exact) mass is 331 g/mol. The lowest BCUT2D eigenvalue weighted by Crippen LogP contribution is -2.15. The van der Waals surface area contributed by atoms with Crippen molar-refractivity contribution in [1.29, 1.82) is 0 Å². The Morgan fingerprint density at radius 2 is 1.96 bits per heavy atom. The van der Waals surface area contributed by atoms with Gasteiger partial charge in [-0.1, -0.05) is 36.4 Å². The summed E-state index contributed by atoms with van der Waals surface area (Å²) in [5.41, 5.74) is 2.68. The van der Waals surface area contributed by atoms with Gasteiger partial charge in [0.05, 0.1) is 17.7 Å². The zero-order valence-electron chi connectivity index (χ0n) is 15.2. The van der Waals surface area contributed by atoms with E-state index >= 15 is 0 Å². The van der Waals surface area contributed by atoms with Crippen LogP contribution in [0, 0.1) is 6.92 Å². The number of pyridine rings is 1. The molecule has 0 atom stereocenters. The lowest BCUT2D eigenvalue weighted by atomic mass is 9.96. The third-order valence-corrected chi connectivity index (χ3v) is 4.18. The smallest absolute Gasteiger partial charge is 0.213 e. The Balaban J connectivity index is 1.93. The second-order valence-corrected chi connectivity index (χ2v) is 6.11. The van der Waals surface area contributed by atoms with Crippen LogP contribution in [0.5, 0.6) is 11.6 Å².